The number of carbonyl (C=O) groups is 1. The summed E-state index contributed by atoms with van der Waals surface area (Å²) in [6.07, 6.45) is 6.29. The van der Waals surface area contributed by atoms with Crippen molar-refractivity contribution in [3.63, 3.8) is 0 Å². The summed E-state index contributed by atoms with van der Waals surface area (Å²) >= 11 is 0. The molecule has 3 fully saturated rings. The lowest BCUT2D eigenvalue weighted by atomic mass is 9.99. The molecule has 0 aromatic heterocycles. The van der Waals surface area contributed by atoms with Crippen molar-refractivity contribution in [1.82, 2.24) is 9.80 Å². The molecule has 5 rings (SSSR count). The highest BCUT2D eigenvalue weighted by atomic mass is 16.7. The van der Waals surface area contributed by atoms with Crippen molar-refractivity contribution in [2.75, 3.05) is 44.6 Å². The summed E-state index contributed by atoms with van der Waals surface area (Å²) in [6, 6.07) is 16.1. The van der Waals surface area contributed by atoms with Crippen LogP contribution in [0.1, 0.15) is 61.2 Å². The summed E-state index contributed by atoms with van der Waals surface area (Å²) in [7, 11) is 0. The lowest BCUT2D eigenvalue weighted by Gasteiger charge is -2.39. The van der Waals surface area contributed by atoms with Crippen molar-refractivity contribution in [2.24, 2.45) is 0 Å². The number of nitrogens with zero attached hydrogens (tertiary/aromatic N) is 2. The van der Waals surface area contributed by atoms with Crippen molar-refractivity contribution >= 4 is 11.8 Å². The molecule has 8 nitrogen and oxygen atoms in total. The standard InChI is InChI=1S/C31H41N3O5/c1-2-18-37-31(36)32-26-13-11-25(12-14-26)30-38-28(19-29(39-30)24-9-7-23(22-35)8-10-24)21-34-17-5-6-27(34)20-33-15-3-4-16-33/h2,7-14,27-30,35H,1,3-6,15-22H2,(H,32,36)/t27-,28+,29-,30-/m0/s1. The van der Waals surface area contributed by atoms with E-state index in [4.69, 9.17) is 14.2 Å². The molecular formula is C31H41N3O5. The fourth-order valence-electron chi connectivity index (χ4n) is 5.91. The van der Waals surface area contributed by atoms with Crippen LogP contribution in [-0.4, -0.2) is 72.5 Å². The number of aliphatic hydroxyl groups is 1. The van der Waals surface area contributed by atoms with Crippen molar-refractivity contribution in [3.05, 3.63) is 77.9 Å². The molecule has 8 heteroatoms. The van der Waals surface area contributed by atoms with Crippen molar-refractivity contribution in [3.8, 4) is 0 Å². The number of rotatable bonds is 10. The van der Waals surface area contributed by atoms with Crippen molar-refractivity contribution in [1.29, 1.82) is 0 Å². The number of aliphatic hydroxyl groups excluding tert-OH is 1. The number of anilines is 1. The Morgan fingerprint density at radius 2 is 1.74 bits per heavy atom. The lowest BCUT2D eigenvalue weighted by Crippen LogP contribution is -2.45. The smallest absolute Gasteiger partial charge is 0.411 e. The molecule has 39 heavy (non-hydrogen) atoms. The summed E-state index contributed by atoms with van der Waals surface area (Å²) in [5.74, 6) is 0. The van der Waals surface area contributed by atoms with Crippen LogP contribution in [0.25, 0.3) is 0 Å². The Morgan fingerprint density at radius 1 is 1.00 bits per heavy atom. The fourth-order valence-corrected chi connectivity index (χ4v) is 5.91. The number of hydrogen-bond acceptors (Lipinski definition) is 7. The highest BCUT2D eigenvalue weighted by molar-refractivity contribution is 5.84. The minimum Gasteiger partial charge on any atom is -0.445 e. The van der Waals surface area contributed by atoms with E-state index in [-0.39, 0.29) is 25.4 Å². The van der Waals surface area contributed by atoms with Crippen LogP contribution in [-0.2, 0) is 20.8 Å². The predicted octanol–water partition coefficient (Wildman–Crippen LogP) is 5.02. The molecule has 2 N–H and O–H groups in total. The van der Waals surface area contributed by atoms with Crippen molar-refractivity contribution in [2.45, 2.75) is 63.3 Å². The first kappa shape index (κ1) is 27.8. The first-order valence-corrected chi connectivity index (χ1v) is 14.2. The van der Waals surface area contributed by atoms with Crippen LogP contribution in [0.3, 0.4) is 0 Å². The van der Waals surface area contributed by atoms with E-state index < -0.39 is 12.4 Å². The summed E-state index contributed by atoms with van der Waals surface area (Å²) < 4.78 is 18.1. The molecule has 3 saturated heterocycles. The van der Waals surface area contributed by atoms with Crippen LogP contribution in [0, 0.1) is 0 Å². The van der Waals surface area contributed by atoms with Crippen LogP contribution in [0.2, 0.25) is 0 Å². The molecule has 3 heterocycles. The Hall–Kier alpha value is -2.75. The first-order chi connectivity index (χ1) is 19.1. The third kappa shape index (κ3) is 7.47. The molecule has 0 unspecified atom stereocenters. The maximum Gasteiger partial charge on any atom is 0.411 e. The monoisotopic (exact) mass is 535 g/mol. The molecule has 2 aromatic rings. The Kier molecular flexibility index (Phi) is 9.66. The van der Waals surface area contributed by atoms with Gasteiger partial charge in [0.2, 0.25) is 0 Å². The average Bonchev–Trinajstić information content (AvgIpc) is 3.65. The van der Waals surface area contributed by atoms with Gasteiger partial charge in [0.25, 0.3) is 0 Å². The molecule has 0 spiro atoms. The van der Waals surface area contributed by atoms with Crippen LogP contribution in [0.4, 0.5) is 10.5 Å². The molecule has 4 atom stereocenters. The number of ether oxygens (including phenoxy) is 3. The van der Waals surface area contributed by atoms with E-state index in [0.717, 1.165) is 42.7 Å². The van der Waals surface area contributed by atoms with Gasteiger partial charge in [0.1, 0.15) is 6.61 Å². The van der Waals surface area contributed by atoms with Gasteiger partial charge in [-0.05, 0) is 68.6 Å². The van der Waals surface area contributed by atoms with E-state index in [1.54, 1.807) is 0 Å². The molecule has 0 aliphatic carbocycles. The molecule has 1 amide bonds. The first-order valence-electron chi connectivity index (χ1n) is 14.2. The summed E-state index contributed by atoms with van der Waals surface area (Å²) in [5, 5.41) is 12.2. The third-order valence-corrected chi connectivity index (χ3v) is 7.98. The number of likely N-dealkylation sites (tertiary alicyclic amines) is 2. The summed E-state index contributed by atoms with van der Waals surface area (Å²) in [4.78, 5) is 17.1. The maximum absolute atomic E-state index is 11.9. The summed E-state index contributed by atoms with van der Waals surface area (Å²) in [5.41, 5.74) is 3.51. The number of amides is 1. The Morgan fingerprint density at radius 3 is 2.46 bits per heavy atom. The molecule has 3 aliphatic heterocycles. The Labute approximate surface area is 231 Å². The lowest BCUT2D eigenvalue weighted by molar-refractivity contribution is -0.253. The van der Waals surface area contributed by atoms with Gasteiger partial charge in [-0.15, -0.1) is 0 Å². The minimum absolute atomic E-state index is 0.0229. The molecule has 2 aromatic carbocycles. The van der Waals surface area contributed by atoms with E-state index in [9.17, 15) is 9.90 Å². The maximum atomic E-state index is 11.9. The average molecular weight is 536 g/mol. The predicted molar refractivity (Wildman–Crippen MR) is 150 cm³/mol. The van der Waals surface area contributed by atoms with E-state index in [1.807, 2.05) is 48.5 Å². The topological polar surface area (TPSA) is 83.5 Å². The zero-order valence-corrected chi connectivity index (χ0v) is 22.7. The van der Waals surface area contributed by atoms with Crippen LogP contribution in [0.5, 0.6) is 0 Å². The zero-order valence-electron chi connectivity index (χ0n) is 22.7. The number of benzene rings is 2. The van der Waals surface area contributed by atoms with Gasteiger partial charge >= 0.3 is 6.09 Å². The zero-order chi connectivity index (χ0) is 27.0. The second kappa shape index (κ2) is 13.5. The molecule has 0 radical (unpaired) electrons. The Balaban J connectivity index is 1.29. The van der Waals surface area contributed by atoms with Crippen LogP contribution < -0.4 is 5.32 Å². The Bertz CT molecular complexity index is 1070. The molecule has 3 aliphatic rings. The summed E-state index contributed by atoms with van der Waals surface area (Å²) in [6.45, 7) is 9.34. The third-order valence-electron chi connectivity index (χ3n) is 7.98. The normalized spacial score (nSPS) is 26.0. The second-order valence-corrected chi connectivity index (χ2v) is 10.8. The van der Waals surface area contributed by atoms with Crippen molar-refractivity contribution < 1.29 is 24.1 Å². The molecule has 0 bridgehead atoms. The number of nitrogens with one attached hydrogen (secondary N) is 1. The number of carbonyl (C=O) groups excluding carboxylic acids is 1. The van der Waals surface area contributed by atoms with Gasteiger partial charge in [0.15, 0.2) is 6.29 Å². The van der Waals surface area contributed by atoms with Gasteiger partial charge in [-0.1, -0.05) is 49.1 Å². The van der Waals surface area contributed by atoms with Gasteiger partial charge in [-0.3, -0.25) is 10.2 Å². The SMILES string of the molecule is C=CCOC(=O)Nc1ccc([C@H]2O[C@@H](CN3CCC[C@H]3CN3CCCC3)C[C@@H](c3ccc(CO)cc3)O2)cc1. The minimum atomic E-state index is -0.521. The van der Waals surface area contributed by atoms with E-state index in [1.165, 1.54) is 44.8 Å². The second-order valence-electron chi connectivity index (χ2n) is 10.8. The van der Waals surface area contributed by atoms with Gasteiger partial charge in [0.05, 0.1) is 18.8 Å². The number of hydrogen-bond donors (Lipinski definition) is 2. The van der Waals surface area contributed by atoms with E-state index in [0.29, 0.717) is 11.7 Å². The van der Waals surface area contributed by atoms with Crippen LogP contribution in [0.15, 0.2) is 61.2 Å². The molecular weight excluding hydrogens is 494 g/mol. The highest BCUT2D eigenvalue weighted by Crippen LogP contribution is 2.39. The van der Waals surface area contributed by atoms with Gasteiger partial charge in [-0.2, -0.15) is 0 Å². The van der Waals surface area contributed by atoms with E-state index in [2.05, 4.69) is 21.7 Å². The fraction of sp³-hybridized carbons (Fsp3) is 0.516. The molecule has 0 saturated carbocycles. The van der Waals surface area contributed by atoms with Gasteiger partial charge in [-0.25, -0.2) is 4.79 Å². The van der Waals surface area contributed by atoms with E-state index >= 15 is 0 Å². The van der Waals surface area contributed by atoms with Gasteiger partial charge in [0, 0.05) is 36.8 Å². The van der Waals surface area contributed by atoms with Crippen LogP contribution >= 0.6 is 0 Å². The van der Waals surface area contributed by atoms with Gasteiger partial charge < -0.3 is 24.2 Å². The quantitative estimate of drug-likeness (QED) is 0.414. The highest BCUT2D eigenvalue weighted by Gasteiger charge is 2.36. The molecule has 210 valence electrons. The largest absolute Gasteiger partial charge is 0.445 e.